The Balaban J connectivity index is 2.98. The molecule has 0 saturated heterocycles. The number of hydrogen-bond acceptors (Lipinski definition) is 3. The average molecular weight is 333 g/mol. The molecule has 21 heavy (non-hydrogen) atoms. The summed E-state index contributed by atoms with van der Waals surface area (Å²) in [4.78, 5) is 11.7. The Morgan fingerprint density at radius 2 is 2.00 bits per heavy atom. The second-order valence-corrected chi connectivity index (χ2v) is 7.51. The van der Waals surface area contributed by atoms with Gasteiger partial charge in [-0.1, -0.05) is 17.7 Å². The summed E-state index contributed by atoms with van der Waals surface area (Å²) in [5.41, 5.74) is 1.18. The molecule has 0 atom stereocenters. The largest absolute Gasteiger partial charge is 0.354 e. The number of sulfonamides is 1. The summed E-state index contributed by atoms with van der Waals surface area (Å²) in [5.74, 6) is -0.182. The molecule has 0 aromatic heterocycles. The second kappa shape index (κ2) is 7.13. The maximum absolute atomic E-state index is 12.0. The van der Waals surface area contributed by atoms with Crippen LogP contribution in [0.2, 0.25) is 5.02 Å². The molecule has 1 N–H and O–H groups in total. The molecule has 0 saturated carbocycles. The minimum Gasteiger partial charge on any atom is -0.354 e. The predicted molar refractivity (Wildman–Crippen MR) is 86.3 cm³/mol. The molecular weight excluding hydrogens is 312 g/mol. The summed E-state index contributed by atoms with van der Waals surface area (Å²) in [5, 5.41) is 3.23. The van der Waals surface area contributed by atoms with E-state index in [1.165, 1.54) is 4.31 Å². The molecule has 1 amide bonds. The van der Waals surface area contributed by atoms with Gasteiger partial charge in [-0.05, 0) is 38.5 Å². The number of halogens is 1. The lowest BCUT2D eigenvalue weighted by Crippen LogP contribution is -2.36. The third kappa shape index (κ3) is 5.21. The molecular formula is C14H21ClN2O3S. The van der Waals surface area contributed by atoms with Gasteiger partial charge in [-0.2, -0.15) is 0 Å². The number of hydrogen-bond donors (Lipinski definition) is 1. The Bertz CT molecular complexity index is 615. The lowest BCUT2D eigenvalue weighted by atomic mass is 10.2. The van der Waals surface area contributed by atoms with Crippen LogP contribution >= 0.6 is 11.6 Å². The number of nitrogens with one attached hydrogen (secondary N) is 1. The van der Waals surface area contributed by atoms with E-state index in [1.807, 2.05) is 13.8 Å². The van der Waals surface area contributed by atoms with Crippen molar-refractivity contribution in [2.75, 3.05) is 17.1 Å². The quantitative estimate of drug-likeness (QED) is 0.869. The van der Waals surface area contributed by atoms with Crippen LogP contribution in [0.4, 0.5) is 5.69 Å². The van der Waals surface area contributed by atoms with E-state index in [2.05, 4.69) is 5.32 Å². The molecule has 0 aliphatic carbocycles. The van der Waals surface area contributed by atoms with Crippen LogP contribution in [0.15, 0.2) is 18.2 Å². The van der Waals surface area contributed by atoms with Gasteiger partial charge in [0, 0.05) is 24.0 Å². The number of benzene rings is 1. The summed E-state index contributed by atoms with van der Waals surface area (Å²) in [6.07, 6.45) is 1.21. The van der Waals surface area contributed by atoms with Crippen LogP contribution in [0, 0.1) is 6.92 Å². The van der Waals surface area contributed by atoms with Crippen molar-refractivity contribution in [1.82, 2.24) is 5.32 Å². The van der Waals surface area contributed by atoms with Gasteiger partial charge in [-0.15, -0.1) is 0 Å². The highest BCUT2D eigenvalue weighted by atomic mass is 35.5. The zero-order valence-electron chi connectivity index (χ0n) is 12.7. The van der Waals surface area contributed by atoms with Gasteiger partial charge in [0.2, 0.25) is 15.9 Å². The van der Waals surface area contributed by atoms with Gasteiger partial charge in [-0.25, -0.2) is 8.42 Å². The van der Waals surface area contributed by atoms with Crippen LogP contribution in [0.3, 0.4) is 0 Å². The summed E-state index contributed by atoms with van der Waals surface area (Å²) in [6, 6.07) is 5.10. The molecule has 0 heterocycles. The second-order valence-electron chi connectivity index (χ2n) is 5.19. The van der Waals surface area contributed by atoms with E-state index in [9.17, 15) is 13.2 Å². The lowest BCUT2D eigenvalue weighted by Gasteiger charge is -2.24. The first-order valence-electron chi connectivity index (χ1n) is 6.65. The van der Waals surface area contributed by atoms with Gasteiger partial charge in [0.05, 0.1) is 11.9 Å². The molecule has 0 radical (unpaired) electrons. The van der Waals surface area contributed by atoms with Crippen molar-refractivity contribution in [3.05, 3.63) is 28.8 Å². The van der Waals surface area contributed by atoms with Crippen molar-refractivity contribution < 1.29 is 13.2 Å². The molecule has 0 bridgehead atoms. The third-order valence-corrected chi connectivity index (χ3v) is 4.49. The molecule has 1 aromatic rings. The maximum Gasteiger partial charge on any atom is 0.232 e. The minimum absolute atomic E-state index is 0.0251. The number of carbonyl (C=O) groups is 1. The van der Waals surface area contributed by atoms with E-state index in [-0.39, 0.29) is 24.9 Å². The van der Waals surface area contributed by atoms with E-state index in [1.54, 1.807) is 25.1 Å². The summed E-state index contributed by atoms with van der Waals surface area (Å²) < 4.78 is 25.2. The van der Waals surface area contributed by atoms with Gasteiger partial charge in [0.1, 0.15) is 0 Å². The molecule has 1 rings (SSSR count). The van der Waals surface area contributed by atoms with Gasteiger partial charge >= 0.3 is 0 Å². The molecule has 1 aromatic carbocycles. The van der Waals surface area contributed by atoms with Crippen LogP contribution < -0.4 is 9.62 Å². The van der Waals surface area contributed by atoms with Crippen LogP contribution in [0.1, 0.15) is 25.8 Å². The van der Waals surface area contributed by atoms with Crippen molar-refractivity contribution >= 4 is 33.2 Å². The van der Waals surface area contributed by atoms with E-state index in [0.29, 0.717) is 16.3 Å². The van der Waals surface area contributed by atoms with E-state index >= 15 is 0 Å². The van der Waals surface area contributed by atoms with Gasteiger partial charge in [0.15, 0.2) is 0 Å². The van der Waals surface area contributed by atoms with Crippen molar-refractivity contribution in [1.29, 1.82) is 0 Å². The number of amides is 1. The molecule has 7 heteroatoms. The first kappa shape index (κ1) is 17.8. The van der Waals surface area contributed by atoms with E-state index < -0.39 is 10.0 Å². The fourth-order valence-corrected chi connectivity index (χ4v) is 3.08. The first-order valence-corrected chi connectivity index (χ1v) is 8.87. The number of carbonyl (C=O) groups excluding carboxylic acids is 1. The Hall–Kier alpha value is -1.27. The highest BCUT2D eigenvalue weighted by Crippen LogP contribution is 2.28. The zero-order chi connectivity index (χ0) is 16.2. The van der Waals surface area contributed by atoms with Crippen molar-refractivity contribution in [2.24, 2.45) is 0 Å². The monoisotopic (exact) mass is 332 g/mol. The normalized spacial score (nSPS) is 11.5. The third-order valence-electron chi connectivity index (χ3n) is 2.90. The maximum atomic E-state index is 12.0. The number of nitrogens with zero attached hydrogens (tertiary/aromatic N) is 1. The van der Waals surface area contributed by atoms with Crippen LogP contribution in [-0.4, -0.2) is 33.2 Å². The lowest BCUT2D eigenvalue weighted by molar-refractivity contribution is -0.121. The predicted octanol–water partition coefficient (Wildman–Crippen LogP) is 2.33. The Labute approximate surface area is 131 Å². The highest BCUT2D eigenvalue weighted by Gasteiger charge is 2.21. The molecule has 118 valence electrons. The highest BCUT2D eigenvalue weighted by molar-refractivity contribution is 7.92. The molecule has 5 nitrogen and oxygen atoms in total. The molecule has 0 spiro atoms. The van der Waals surface area contributed by atoms with Crippen molar-refractivity contribution in [3.63, 3.8) is 0 Å². The molecule has 0 unspecified atom stereocenters. The molecule has 0 aliphatic rings. The fraction of sp³-hybridized carbons (Fsp3) is 0.500. The molecule has 0 fully saturated rings. The van der Waals surface area contributed by atoms with E-state index in [4.69, 9.17) is 11.6 Å². The SMILES string of the molecule is Cc1c(Cl)cccc1N(CCC(=O)NC(C)C)S(C)(=O)=O. The first-order chi connectivity index (χ1) is 9.62. The molecule has 0 aliphatic heterocycles. The summed E-state index contributed by atoms with van der Waals surface area (Å²) in [6.45, 7) is 5.54. The summed E-state index contributed by atoms with van der Waals surface area (Å²) in [7, 11) is -3.49. The van der Waals surface area contributed by atoms with Gasteiger partial charge < -0.3 is 5.32 Å². The average Bonchev–Trinajstić information content (AvgIpc) is 2.32. The zero-order valence-corrected chi connectivity index (χ0v) is 14.3. The Morgan fingerprint density at radius 1 is 1.38 bits per heavy atom. The van der Waals surface area contributed by atoms with Crippen molar-refractivity contribution in [3.8, 4) is 0 Å². The van der Waals surface area contributed by atoms with Crippen LogP contribution in [-0.2, 0) is 14.8 Å². The standard InChI is InChI=1S/C14H21ClN2O3S/c1-10(2)16-14(18)8-9-17(21(4,19)20)13-7-5-6-12(15)11(13)3/h5-7,10H,8-9H2,1-4H3,(H,16,18). The summed E-state index contributed by atoms with van der Waals surface area (Å²) >= 11 is 6.04. The smallest absolute Gasteiger partial charge is 0.232 e. The number of rotatable bonds is 6. The van der Waals surface area contributed by atoms with Crippen LogP contribution in [0.5, 0.6) is 0 Å². The fourth-order valence-electron chi connectivity index (χ4n) is 1.93. The number of anilines is 1. The van der Waals surface area contributed by atoms with E-state index in [0.717, 1.165) is 6.26 Å². The Kier molecular flexibility index (Phi) is 6.04. The van der Waals surface area contributed by atoms with Gasteiger partial charge in [-0.3, -0.25) is 9.10 Å². The minimum atomic E-state index is -3.49. The topological polar surface area (TPSA) is 66.5 Å². The van der Waals surface area contributed by atoms with Crippen molar-refractivity contribution in [2.45, 2.75) is 33.2 Å². The van der Waals surface area contributed by atoms with Gasteiger partial charge in [0.25, 0.3) is 0 Å². The Morgan fingerprint density at radius 3 is 2.52 bits per heavy atom. The van der Waals surface area contributed by atoms with Crippen LogP contribution in [0.25, 0.3) is 0 Å².